The molecule has 0 aliphatic carbocycles. The molecular weight excluding hydrogens is 196 g/mol. The highest BCUT2D eigenvalue weighted by atomic mass is 32.3. The Hall–Kier alpha value is -0.300. The van der Waals surface area contributed by atoms with E-state index in [0.29, 0.717) is 6.42 Å². The second-order valence-corrected chi connectivity index (χ2v) is 4.49. The van der Waals surface area contributed by atoms with Gasteiger partial charge in [0, 0.05) is 0 Å². The lowest BCUT2D eigenvalue weighted by molar-refractivity contribution is -0.147. The van der Waals surface area contributed by atoms with Gasteiger partial charge >= 0.3 is 5.97 Å². The summed E-state index contributed by atoms with van der Waals surface area (Å²) >= 11 is 0. The van der Waals surface area contributed by atoms with Crippen molar-refractivity contribution < 1.29 is 23.2 Å². The summed E-state index contributed by atoms with van der Waals surface area (Å²) in [7, 11) is -3.53. The molecule has 0 heterocycles. The molecule has 0 aromatic heterocycles. The molecule has 13 heavy (non-hydrogen) atoms. The molecule has 1 atom stereocenters. The van der Waals surface area contributed by atoms with Gasteiger partial charge in [0.1, 0.15) is 6.61 Å². The van der Waals surface area contributed by atoms with Gasteiger partial charge in [-0.15, -0.1) is 0 Å². The molecule has 0 saturated heterocycles. The molecule has 0 aliphatic rings. The van der Waals surface area contributed by atoms with Crippen molar-refractivity contribution >= 4 is 16.8 Å². The van der Waals surface area contributed by atoms with Crippen LogP contribution in [0.4, 0.5) is 0 Å². The third-order valence-electron chi connectivity index (χ3n) is 1.62. The maximum absolute atomic E-state index is 11.0. The lowest BCUT2D eigenvalue weighted by atomic mass is 10.1. The van der Waals surface area contributed by atoms with Crippen LogP contribution in [-0.4, -0.2) is 32.0 Å². The molecule has 5 nitrogen and oxygen atoms in total. The Morgan fingerprint density at radius 2 is 2.00 bits per heavy atom. The van der Waals surface area contributed by atoms with Crippen LogP contribution in [0.25, 0.3) is 0 Å². The molecule has 0 fully saturated rings. The Morgan fingerprint density at radius 1 is 1.46 bits per heavy atom. The summed E-state index contributed by atoms with van der Waals surface area (Å²) in [5.74, 6) is -0.901. The highest BCUT2D eigenvalue weighted by molar-refractivity contribution is 8.19. The van der Waals surface area contributed by atoms with Gasteiger partial charge < -0.3 is 18.4 Å². The normalized spacial score (nSPS) is 15.2. The lowest BCUT2D eigenvalue weighted by Crippen LogP contribution is -2.17. The number of carbonyl (C=O) groups excluding carboxylic acids is 1. The maximum atomic E-state index is 11.0. The van der Waals surface area contributed by atoms with E-state index >= 15 is 0 Å². The van der Waals surface area contributed by atoms with Gasteiger partial charge in [0.25, 0.3) is 0 Å². The summed E-state index contributed by atoms with van der Waals surface area (Å²) in [5, 5.41) is 0. The Labute approximate surface area is 79.3 Å². The molecule has 3 N–H and O–H groups in total. The summed E-state index contributed by atoms with van der Waals surface area (Å²) in [4.78, 5) is 11.0. The number of rotatable bonds is 5. The van der Waals surface area contributed by atoms with Gasteiger partial charge in [0.15, 0.2) is 0 Å². The zero-order chi connectivity index (χ0) is 10.5. The van der Waals surface area contributed by atoms with Crippen molar-refractivity contribution in [2.45, 2.75) is 20.3 Å². The topological polar surface area (TPSA) is 87.0 Å². The second kappa shape index (κ2) is 5.43. The molecule has 0 spiro atoms. The van der Waals surface area contributed by atoms with E-state index in [1.54, 1.807) is 6.92 Å². The molecular formula is C7H16O5S. The van der Waals surface area contributed by atoms with Crippen molar-refractivity contribution in [3.05, 3.63) is 0 Å². The second-order valence-electron chi connectivity index (χ2n) is 2.81. The van der Waals surface area contributed by atoms with Crippen molar-refractivity contribution in [1.82, 2.24) is 0 Å². The average molecular weight is 212 g/mol. The number of hydrogen-bond acceptors (Lipinski definition) is 5. The Balaban J connectivity index is 3.60. The minimum atomic E-state index is -3.53. The van der Waals surface area contributed by atoms with Crippen molar-refractivity contribution in [3.8, 4) is 0 Å². The first kappa shape index (κ1) is 12.7. The van der Waals surface area contributed by atoms with Gasteiger partial charge in [0.2, 0.25) is 0 Å². The number of carbonyl (C=O) groups is 1. The van der Waals surface area contributed by atoms with Gasteiger partial charge in [0.05, 0.1) is 22.5 Å². The highest BCUT2D eigenvalue weighted by Crippen LogP contribution is 2.31. The molecule has 0 rings (SSSR count). The zero-order valence-electron chi connectivity index (χ0n) is 7.77. The number of hydrogen-bond donors (Lipinski definition) is 3. The Morgan fingerprint density at radius 3 is 2.38 bits per heavy atom. The number of ether oxygens (including phenoxy) is 1. The van der Waals surface area contributed by atoms with E-state index in [1.807, 2.05) is 6.92 Å². The fourth-order valence-electron chi connectivity index (χ4n) is 0.563. The molecule has 0 aliphatic heterocycles. The molecule has 0 aromatic carbocycles. The first-order valence-electron chi connectivity index (χ1n) is 4.01. The van der Waals surface area contributed by atoms with E-state index in [1.165, 1.54) is 0 Å². The zero-order valence-corrected chi connectivity index (χ0v) is 8.58. The average Bonchev–Trinajstić information content (AvgIpc) is 2.00. The van der Waals surface area contributed by atoms with Gasteiger partial charge in [-0.05, 0) is 6.42 Å². The smallest absolute Gasteiger partial charge is 0.308 e. The number of esters is 1. The molecule has 0 aromatic rings. The van der Waals surface area contributed by atoms with Crippen molar-refractivity contribution in [2.24, 2.45) is 5.92 Å². The molecule has 0 bridgehead atoms. The van der Waals surface area contributed by atoms with E-state index in [2.05, 4.69) is 4.74 Å². The summed E-state index contributed by atoms with van der Waals surface area (Å²) in [6.45, 7) is 3.41. The maximum Gasteiger partial charge on any atom is 0.308 e. The summed E-state index contributed by atoms with van der Waals surface area (Å²) in [5.41, 5.74) is 0. The summed E-state index contributed by atoms with van der Waals surface area (Å²) < 4.78 is 30.3. The van der Waals surface area contributed by atoms with Gasteiger partial charge in [-0.3, -0.25) is 4.79 Å². The summed E-state index contributed by atoms with van der Waals surface area (Å²) in [6, 6.07) is 0. The van der Waals surface area contributed by atoms with Crippen LogP contribution in [0.1, 0.15) is 20.3 Å². The van der Waals surface area contributed by atoms with Crippen LogP contribution in [0.5, 0.6) is 0 Å². The van der Waals surface area contributed by atoms with Crippen LogP contribution in [0, 0.1) is 5.92 Å². The quantitative estimate of drug-likeness (QED) is 0.605. The van der Waals surface area contributed by atoms with Crippen molar-refractivity contribution in [1.29, 1.82) is 0 Å². The minimum Gasteiger partial charge on any atom is -0.464 e. The van der Waals surface area contributed by atoms with E-state index in [-0.39, 0.29) is 24.2 Å². The largest absolute Gasteiger partial charge is 0.464 e. The van der Waals surface area contributed by atoms with Crippen LogP contribution in [-0.2, 0) is 9.53 Å². The third kappa shape index (κ3) is 6.83. The fourth-order valence-corrected chi connectivity index (χ4v) is 0.870. The van der Waals surface area contributed by atoms with E-state index in [4.69, 9.17) is 13.7 Å². The van der Waals surface area contributed by atoms with Crippen LogP contribution >= 0.6 is 10.9 Å². The lowest BCUT2D eigenvalue weighted by Gasteiger charge is -2.18. The molecule has 80 valence electrons. The van der Waals surface area contributed by atoms with Gasteiger partial charge in [-0.25, -0.2) is 0 Å². The SMILES string of the molecule is CCC(C)C(=O)OCCS(O)(O)O. The van der Waals surface area contributed by atoms with E-state index < -0.39 is 10.9 Å². The first-order valence-corrected chi connectivity index (χ1v) is 5.69. The minimum absolute atomic E-state index is 0.165. The van der Waals surface area contributed by atoms with Crippen LogP contribution in [0.3, 0.4) is 0 Å². The first-order chi connectivity index (χ1) is 5.87. The van der Waals surface area contributed by atoms with Crippen molar-refractivity contribution in [2.75, 3.05) is 12.4 Å². The van der Waals surface area contributed by atoms with E-state index in [9.17, 15) is 4.79 Å². The molecule has 1 unspecified atom stereocenters. The predicted octanol–water partition coefficient (Wildman–Crippen LogP) is 1.80. The van der Waals surface area contributed by atoms with Crippen molar-refractivity contribution in [3.63, 3.8) is 0 Å². The van der Waals surface area contributed by atoms with Gasteiger partial charge in [-0.2, -0.15) is 0 Å². The third-order valence-corrected chi connectivity index (χ3v) is 2.33. The summed E-state index contributed by atoms with van der Waals surface area (Å²) in [6.07, 6.45) is 0.675. The van der Waals surface area contributed by atoms with Crippen LogP contribution < -0.4 is 0 Å². The highest BCUT2D eigenvalue weighted by Gasteiger charge is 2.15. The van der Waals surface area contributed by atoms with Gasteiger partial charge in [-0.1, -0.05) is 13.8 Å². The predicted molar refractivity (Wildman–Crippen MR) is 50.8 cm³/mol. The standard InChI is InChI=1S/C7H16O5S/c1-3-6(2)7(8)12-4-5-13(9,10)11/h6,9-11H,3-5H2,1-2H3. The Kier molecular flexibility index (Phi) is 5.31. The Bertz CT molecular complexity index is 165. The van der Waals surface area contributed by atoms with Crippen LogP contribution in [0.2, 0.25) is 0 Å². The fraction of sp³-hybridized carbons (Fsp3) is 0.857. The molecule has 0 radical (unpaired) electrons. The molecule has 0 saturated carbocycles. The molecule has 6 heteroatoms. The monoisotopic (exact) mass is 212 g/mol. The van der Waals surface area contributed by atoms with Crippen LogP contribution in [0.15, 0.2) is 0 Å². The van der Waals surface area contributed by atoms with E-state index in [0.717, 1.165) is 0 Å². The molecule has 0 amide bonds.